The van der Waals surface area contributed by atoms with Gasteiger partial charge in [-0.3, -0.25) is 0 Å². The van der Waals surface area contributed by atoms with Gasteiger partial charge < -0.3 is 15.5 Å². The molecule has 3 heteroatoms. The molecule has 0 amide bonds. The van der Waals surface area contributed by atoms with Gasteiger partial charge >= 0.3 is 0 Å². The molecule has 1 aliphatic rings. The number of hydrogen-bond donors (Lipinski definition) is 1. The van der Waals surface area contributed by atoms with Crippen LogP contribution in [0.25, 0.3) is 0 Å². The minimum absolute atomic E-state index is 0.0925. The van der Waals surface area contributed by atoms with Crippen molar-refractivity contribution in [2.24, 2.45) is 11.7 Å². The van der Waals surface area contributed by atoms with Crippen LogP contribution in [0.3, 0.4) is 0 Å². The predicted molar refractivity (Wildman–Crippen MR) is 77.9 cm³/mol. The average Bonchev–Trinajstić information content (AvgIpc) is 2.74. The third-order valence-electron chi connectivity index (χ3n) is 3.86. The van der Waals surface area contributed by atoms with Crippen molar-refractivity contribution in [1.29, 1.82) is 0 Å². The van der Waals surface area contributed by atoms with Crippen molar-refractivity contribution in [3.8, 4) is 0 Å². The van der Waals surface area contributed by atoms with Crippen LogP contribution in [-0.4, -0.2) is 38.6 Å². The van der Waals surface area contributed by atoms with Crippen molar-refractivity contribution in [3.05, 3.63) is 29.8 Å². The lowest BCUT2D eigenvalue weighted by atomic mass is 10.0. The van der Waals surface area contributed by atoms with Gasteiger partial charge in [-0.2, -0.15) is 0 Å². The smallest absolute Gasteiger partial charge is 0.0412 e. The van der Waals surface area contributed by atoms with Gasteiger partial charge in [0.2, 0.25) is 0 Å². The summed E-state index contributed by atoms with van der Waals surface area (Å²) in [4.78, 5) is 4.78. The van der Waals surface area contributed by atoms with E-state index in [2.05, 4.69) is 55.1 Å². The highest BCUT2D eigenvalue weighted by molar-refractivity contribution is 5.54. The quantitative estimate of drug-likeness (QED) is 0.884. The first-order valence-corrected chi connectivity index (χ1v) is 6.82. The molecule has 0 aliphatic carbocycles. The van der Waals surface area contributed by atoms with Crippen LogP contribution in [0.4, 0.5) is 5.69 Å². The lowest BCUT2D eigenvalue weighted by Crippen LogP contribution is -2.28. The summed E-state index contributed by atoms with van der Waals surface area (Å²) < 4.78 is 0. The number of benzene rings is 1. The Labute approximate surface area is 111 Å². The fourth-order valence-corrected chi connectivity index (χ4v) is 2.88. The number of hydrogen-bond acceptors (Lipinski definition) is 3. The molecule has 1 aliphatic heterocycles. The van der Waals surface area contributed by atoms with Crippen LogP contribution in [0.5, 0.6) is 0 Å². The molecule has 0 radical (unpaired) electrons. The molecule has 2 N–H and O–H groups in total. The lowest BCUT2D eigenvalue weighted by Gasteiger charge is -2.26. The van der Waals surface area contributed by atoms with E-state index >= 15 is 0 Å². The summed E-state index contributed by atoms with van der Waals surface area (Å²) in [6.07, 6.45) is 1.31. The Morgan fingerprint density at radius 1 is 1.44 bits per heavy atom. The van der Waals surface area contributed by atoms with Gasteiger partial charge in [-0.1, -0.05) is 18.2 Å². The standard InChI is InChI=1S/C15H25N3/c1-12(16)14-6-4-5-7-15(14)18(3)11-13-8-9-17(2)10-13/h4-7,12-13H,8-11,16H2,1-3H3/t12-,13?/m0/s1. The summed E-state index contributed by atoms with van der Waals surface area (Å²) in [7, 11) is 4.38. The maximum absolute atomic E-state index is 6.05. The summed E-state index contributed by atoms with van der Waals surface area (Å²) in [6.45, 7) is 5.61. The number of nitrogens with zero attached hydrogens (tertiary/aromatic N) is 2. The molecule has 1 aromatic rings. The van der Waals surface area contributed by atoms with Crippen LogP contribution in [0, 0.1) is 5.92 Å². The topological polar surface area (TPSA) is 32.5 Å². The fraction of sp³-hybridized carbons (Fsp3) is 0.600. The van der Waals surface area contributed by atoms with E-state index in [0.717, 1.165) is 12.5 Å². The normalized spacial score (nSPS) is 22.1. The van der Waals surface area contributed by atoms with Crippen molar-refractivity contribution in [2.45, 2.75) is 19.4 Å². The number of rotatable bonds is 4. The third-order valence-corrected chi connectivity index (χ3v) is 3.86. The molecule has 1 unspecified atom stereocenters. The van der Waals surface area contributed by atoms with Crippen molar-refractivity contribution < 1.29 is 0 Å². The summed E-state index contributed by atoms with van der Waals surface area (Å²) in [5.41, 5.74) is 8.57. The van der Waals surface area contributed by atoms with E-state index < -0.39 is 0 Å². The summed E-state index contributed by atoms with van der Waals surface area (Å²) in [6, 6.07) is 8.57. The van der Waals surface area contributed by atoms with Crippen LogP contribution in [0.1, 0.15) is 24.9 Å². The van der Waals surface area contributed by atoms with Gasteiger partial charge in [0.05, 0.1) is 0 Å². The molecule has 0 aromatic heterocycles. The van der Waals surface area contributed by atoms with Gasteiger partial charge in [-0.15, -0.1) is 0 Å². The molecule has 100 valence electrons. The molecule has 3 nitrogen and oxygen atoms in total. The second kappa shape index (κ2) is 5.72. The van der Waals surface area contributed by atoms with Crippen LogP contribution in [0.15, 0.2) is 24.3 Å². The Morgan fingerprint density at radius 3 is 2.78 bits per heavy atom. The van der Waals surface area contributed by atoms with Crippen molar-refractivity contribution >= 4 is 5.69 Å². The molecule has 1 fully saturated rings. The molecule has 1 saturated heterocycles. The van der Waals surface area contributed by atoms with Gasteiger partial charge in [-0.05, 0) is 44.5 Å². The maximum atomic E-state index is 6.05. The number of anilines is 1. The fourth-order valence-electron chi connectivity index (χ4n) is 2.88. The molecule has 1 aromatic carbocycles. The molecular weight excluding hydrogens is 222 g/mol. The van der Waals surface area contributed by atoms with E-state index in [4.69, 9.17) is 5.73 Å². The second-order valence-electron chi connectivity index (χ2n) is 5.64. The minimum Gasteiger partial charge on any atom is -0.374 e. The zero-order valence-electron chi connectivity index (χ0n) is 11.8. The molecule has 0 bridgehead atoms. The van der Waals surface area contributed by atoms with Gasteiger partial charge in [0, 0.05) is 31.9 Å². The highest BCUT2D eigenvalue weighted by atomic mass is 15.2. The summed E-state index contributed by atoms with van der Waals surface area (Å²) in [5.74, 6) is 0.779. The van der Waals surface area contributed by atoms with E-state index in [1.165, 1.54) is 30.8 Å². The molecule has 1 heterocycles. The Balaban J connectivity index is 2.06. The van der Waals surface area contributed by atoms with Crippen molar-refractivity contribution in [1.82, 2.24) is 4.90 Å². The maximum Gasteiger partial charge on any atom is 0.0412 e. The van der Waals surface area contributed by atoms with Gasteiger partial charge in [-0.25, -0.2) is 0 Å². The van der Waals surface area contributed by atoms with Crippen molar-refractivity contribution in [2.75, 3.05) is 38.6 Å². The Bertz CT molecular complexity index is 389. The SMILES string of the molecule is C[C@H](N)c1ccccc1N(C)CC1CCN(C)C1. The van der Waals surface area contributed by atoms with E-state index in [1.807, 2.05) is 0 Å². The summed E-state index contributed by atoms with van der Waals surface area (Å²) >= 11 is 0. The van der Waals surface area contributed by atoms with Crippen LogP contribution in [0.2, 0.25) is 0 Å². The number of para-hydroxylation sites is 1. The summed E-state index contributed by atoms with van der Waals surface area (Å²) in [5, 5.41) is 0. The lowest BCUT2D eigenvalue weighted by molar-refractivity contribution is 0.396. The van der Waals surface area contributed by atoms with E-state index in [-0.39, 0.29) is 6.04 Å². The van der Waals surface area contributed by atoms with Crippen LogP contribution in [-0.2, 0) is 0 Å². The van der Waals surface area contributed by atoms with E-state index in [1.54, 1.807) is 0 Å². The van der Waals surface area contributed by atoms with Gasteiger partial charge in [0.1, 0.15) is 0 Å². The molecule has 0 saturated carbocycles. The highest BCUT2D eigenvalue weighted by Gasteiger charge is 2.21. The molecule has 2 rings (SSSR count). The first-order chi connectivity index (χ1) is 8.58. The van der Waals surface area contributed by atoms with Crippen molar-refractivity contribution in [3.63, 3.8) is 0 Å². The van der Waals surface area contributed by atoms with E-state index in [0.29, 0.717) is 0 Å². The van der Waals surface area contributed by atoms with Gasteiger partial charge in [0.25, 0.3) is 0 Å². The third kappa shape index (κ3) is 3.03. The number of nitrogens with two attached hydrogens (primary N) is 1. The highest BCUT2D eigenvalue weighted by Crippen LogP contribution is 2.26. The monoisotopic (exact) mass is 247 g/mol. The molecular formula is C15H25N3. The Kier molecular flexibility index (Phi) is 4.25. The zero-order valence-corrected chi connectivity index (χ0v) is 11.8. The van der Waals surface area contributed by atoms with Crippen LogP contribution < -0.4 is 10.6 Å². The minimum atomic E-state index is 0.0925. The predicted octanol–water partition coefficient (Wildman–Crippen LogP) is 2.09. The molecule has 18 heavy (non-hydrogen) atoms. The average molecular weight is 247 g/mol. The molecule has 0 spiro atoms. The Morgan fingerprint density at radius 2 is 2.17 bits per heavy atom. The molecule has 2 atom stereocenters. The number of likely N-dealkylation sites (tertiary alicyclic amines) is 1. The first kappa shape index (κ1) is 13.4. The van der Waals surface area contributed by atoms with Gasteiger partial charge in [0.15, 0.2) is 0 Å². The van der Waals surface area contributed by atoms with E-state index in [9.17, 15) is 0 Å². The Hall–Kier alpha value is -1.06. The largest absolute Gasteiger partial charge is 0.374 e. The van der Waals surface area contributed by atoms with Crippen LogP contribution >= 0.6 is 0 Å². The zero-order chi connectivity index (χ0) is 13.1. The first-order valence-electron chi connectivity index (χ1n) is 6.82. The second-order valence-corrected chi connectivity index (χ2v) is 5.64.